The summed E-state index contributed by atoms with van der Waals surface area (Å²) in [6.45, 7) is 2.53. The number of hydrogen-bond acceptors (Lipinski definition) is 6. The normalized spacial score (nSPS) is 14.9. The number of hydrogen-bond donors (Lipinski definition) is 1. The summed E-state index contributed by atoms with van der Waals surface area (Å²) in [6.07, 6.45) is 3.34. The molecular weight excluding hydrogens is 432 g/mol. The van der Waals surface area contributed by atoms with Crippen LogP contribution >= 0.6 is 11.8 Å². The van der Waals surface area contributed by atoms with Crippen molar-refractivity contribution < 1.29 is 13.2 Å². The lowest BCUT2D eigenvalue weighted by molar-refractivity contribution is 0.0994. The number of ketones is 1. The SMILES string of the molecule is C[C@@H](Sc1nnc(C2CC2)n1Cc1ccccc1)C(=O)c1ccc(NS(C)(=O)=O)cc1. The Kier molecular flexibility index (Phi) is 6.15. The van der Waals surface area contributed by atoms with E-state index in [1.807, 2.05) is 25.1 Å². The molecule has 1 saturated carbocycles. The van der Waals surface area contributed by atoms with Gasteiger partial charge in [-0.3, -0.25) is 9.52 Å². The number of anilines is 1. The fraction of sp³-hybridized carbons (Fsp3) is 0.318. The van der Waals surface area contributed by atoms with Crippen molar-refractivity contribution in [2.75, 3.05) is 11.0 Å². The van der Waals surface area contributed by atoms with Crippen molar-refractivity contribution in [2.45, 2.75) is 42.6 Å². The number of thioether (sulfide) groups is 1. The molecule has 2 aromatic carbocycles. The Hall–Kier alpha value is -2.65. The van der Waals surface area contributed by atoms with Gasteiger partial charge < -0.3 is 4.57 Å². The van der Waals surface area contributed by atoms with E-state index in [2.05, 4.69) is 31.6 Å². The molecule has 0 aliphatic heterocycles. The summed E-state index contributed by atoms with van der Waals surface area (Å²) in [5, 5.41) is 9.19. The molecule has 7 nitrogen and oxygen atoms in total. The van der Waals surface area contributed by atoms with Crippen molar-refractivity contribution in [3.63, 3.8) is 0 Å². The largest absolute Gasteiger partial charge is 0.301 e. The Balaban J connectivity index is 1.50. The van der Waals surface area contributed by atoms with Gasteiger partial charge in [0.05, 0.1) is 18.1 Å². The maximum atomic E-state index is 13.0. The molecular formula is C22H24N4O3S2. The van der Waals surface area contributed by atoms with E-state index in [4.69, 9.17) is 0 Å². The fourth-order valence-corrected chi connectivity index (χ4v) is 4.81. The highest BCUT2D eigenvalue weighted by Crippen LogP contribution is 2.40. The number of benzene rings is 2. The summed E-state index contributed by atoms with van der Waals surface area (Å²) in [4.78, 5) is 13.0. The summed E-state index contributed by atoms with van der Waals surface area (Å²) in [5.41, 5.74) is 2.12. The molecule has 1 aromatic heterocycles. The van der Waals surface area contributed by atoms with Crippen LogP contribution in [0.3, 0.4) is 0 Å². The van der Waals surface area contributed by atoms with E-state index in [0.29, 0.717) is 23.7 Å². The van der Waals surface area contributed by atoms with E-state index < -0.39 is 10.0 Å². The second-order valence-corrected chi connectivity index (χ2v) is 10.8. The minimum Gasteiger partial charge on any atom is -0.301 e. The molecule has 0 radical (unpaired) electrons. The summed E-state index contributed by atoms with van der Waals surface area (Å²) in [7, 11) is -3.35. The first-order chi connectivity index (χ1) is 14.8. The Morgan fingerprint density at radius 2 is 1.81 bits per heavy atom. The zero-order valence-corrected chi connectivity index (χ0v) is 19.0. The first-order valence-electron chi connectivity index (χ1n) is 10.1. The smallest absolute Gasteiger partial charge is 0.229 e. The molecule has 1 atom stereocenters. The number of Topliss-reactive ketones (excluding diaryl/α,β-unsaturated/α-hetero) is 1. The molecule has 0 saturated heterocycles. The van der Waals surface area contributed by atoms with Crippen molar-refractivity contribution in [3.8, 4) is 0 Å². The van der Waals surface area contributed by atoms with Crippen LogP contribution in [0, 0.1) is 0 Å². The number of nitrogens with zero attached hydrogens (tertiary/aromatic N) is 3. The zero-order valence-electron chi connectivity index (χ0n) is 17.4. The molecule has 0 amide bonds. The molecule has 9 heteroatoms. The summed E-state index contributed by atoms with van der Waals surface area (Å²) in [6, 6.07) is 16.6. The third kappa shape index (κ3) is 5.54. The Morgan fingerprint density at radius 1 is 1.13 bits per heavy atom. The average molecular weight is 457 g/mol. The molecule has 3 aromatic rings. The molecule has 1 N–H and O–H groups in total. The molecule has 0 bridgehead atoms. The number of sulfonamides is 1. The summed E-state index contributed by atoms with van der Waals surface area (Å²) >= 11 is 1.40. The van der Waals surface area contributed by atoms with Crippen LogP contribution in [-0.2, 0) is 16.6 Å². The Morgan fingerprint density at radius 3 is 2.42 bits per heavy atom. The number of nitrogens with one attached hydrogen (secondary N) is 1. The number of rotatable bonds is 9. The van der Waals surface area contributed by atoms with E-state index in [1.54, 1.807) is 24.3 Å². The first kappa shape index (κ1) is 21.6. The van der Waals surface area contributed by atoms with Gasteiger partial charge in [0, 0.05) is 17.2 Å². The molecule has 162 valence electrons. The van der Waals surface area contributed by atoms with Gasteiger partial charge in [0.15, 0.2) is 10.9 Å². The highest BCUT2D eigenvalue weighted by molar-refractivity contribution is 8.00. The average Bonchev–Trinajstić information content (AvgIpc) is 3.51. The molecule has 31 heavy (non-hydrogen) atoms. The lowest BCUT2D eigenvalue weighted by Crippen LogP contribution is -2.16. The molecule has 0 unspecified atom stereocenters. The standard InChI is InChI=1S/C22H24N4O3S2/c1-15(20(27)17-10-12-19(13-11-17)25-31(2,28)29)30-22-24-23-21(18-8-9-18)26(22)14-16-6-4-3-5-7-16/h3-7,10-13,15,18,25H,8-9,14H2,1-2H3/t15-/m1/s1. The lowest BCUT2D eigenvalue weighted by Gasteiger charge is -2.13. The van der Waals surface area contributed by atoms with Crippen LogP contribution in [0.1, 0.15) is 47.4 Å². The van der Waals surface area contributed by atoms with Crippen molar-refractivity contribution in [3.05, 3.63) is 71.5 Å². The van der Waals surface area contributed by atoms with Gasteiger partial charge in [-0.15, -0.1) is 10.2 Å². The second-order valence-electron chi connectivity index (χ2n) is 7.76. The highest BCUT2D eigenvalue weighted by atomic mass is 32.2. The summed E-state index contributed by atoms with van der Waals surface area (Å²) < 4.78 is 27.2. The van der Waals surface area contributed by atoms with Gasteiger partial charge in [-0.1, -0.05) is 42.1 Å². The van der Waals surface area contributed by atoms with E-state index in [1.165, 1.54) is 17.3 Å². The van der Waals surface area contributed by atoms with Gasteiger partial charge in [0.2, 0.25) is 10.0 Å². The van der Waals surface area contributed by atoms with Crippen molar-refractivity contribution in [1.29, 1.82) is 0 Å². The van der Waals surface area contributed by atoms with Gasteiger partial charge in [0.1, 0.15) is 5.82 Å². The topological polar surface area (TPSA) is 93.9 Å². The van der Waals surface area contributed by atoms with E-state index in [0.717, 1.165) is 30.1 Å². The summed E-state index contributed by atoms with van der Waals surface area (Å²) in [5.74, 6) is 1.40. The Labute approximate surface area is 186 Å². The molecule has 1 heterocycles. The van der Waals surface area contributed by atoms with Gasteiger partial charge in [-0.05, 0) is 49.6 Å². The van der Waals surface area contributed by atoms with Gasteiger partial charge in [0.25, 0.3) is 0 Å². The molecule has 0 spiro atoms. The van der Waals surface area contributed by atoms with Crippen LogP contribution < -0.4 is 4.72 Å². The predicted octanol–water partition coefficient (Wildman–Crippen LogP) is 3.94. The minimum atomic E-state index is -3.35. The third-order valence-electron chi connectivity index (χ3n) is 5.00. The number of aromatic nitrogens is 3. The molecule has 1 fully saturated rings. The maximum Gasteiger partial charge on any atom is 0.229 e. The van der Waals surface area contributed by atoms with Crippen LogP contribution in [0.25, 0.3) is 0 Å². The van der Waals surface area contributed by atoms with Crippen LogP contribution in [0.2, 0.25) is 0 Å². The minimum absolute atomic E-state index is 0.0434. The van der Waals surface area contributed by atoms with Crippen LogP contribution in [-0.4, -0.2) is 40.5 Å². The molecule has 1 aliphatic rings. The van der Waals surface area contributed by atoms with Gasteiger partial charge in [-0.2, -0.15) is 0 Å². The third-order valence-corrected chi connectivity index (χ3v) is 6.68. The van der Waals surface area contributed by atoms with E-state index >= 15 is 0 Å². The Bertz CT molecular complexity index is 1170. The lowest BCUT2D eigenvalue weighted by atomic mass is 10.1. The van der Waals surface area contributed by atoms with Gasteiger partial charge >= 0.3 is 0 Å². The van der Waals surface area contributed by atoms with Crippen LogP contribution in [0.15, 0.2) is 59.8 Å². The molecule has 1 aliphatic carbocycles. The van der Waals surface area contributed by atoms with Crippen molar-refractivity contribution >= 4 is 33.3 Å². The van der Waals surface area contributed by atoms with Gasteiger partial charge in [-0.25, -0.2) is 8.42 Å². The maximum absolute atomic E-state index is 13.0. The predicted molar refractivity (Wildman–Crippen MR) is 122 cm³/mol. The van der Waals surface area contributed by atoms with Crippen molar-refractivity contribution in [2.24, 2.45) is 0 Å². The molecule has 4 rings (SSSR count). The number of carbonyl (C=O) groups excluding carboxylic acids is 1. The van der Waals surface area contributed by atoms with E-state index in [9.17, 15) is 13.2 Å². The van der Waals surface area contributed by atoms with Crippen LogP contribution in [0.5, 0.6) is 0 Å². The van der Waals surface area contributed by atoms with E-state index in [-0.39, 0.29) is 11.0 Å². The monoisotopic (exact) mass is 456 g/mol. The number of carbonyl (C=O) groups is 1. The quantitative estimate of drug-likeness (QED) is 0.387. The highest BCUT2D eigenvalue weighted by Gasteiger charge is 2.31. The van der Waals surface area contributed by atoms with Crippen molar-refractivity contribution in [1.82, 2.24) is 14.8 Å². The first-order valence-corrected chi connectivity index (χ1v) is 12.8. The fourth-order valence-electron chi connectivity index (χ4n) is 3.31. The van der Waals surface area contributed by atoms with Crippen LogP contribution in [0.4, 0.5) is 5.69 Å². The second kappa shape index (κ2) is 8.84. The zero-order chi connectivity index (χ0) is 22.0.